The van der Waals surface area contributed by atoms with Gasteiger partial charge in [0.05, 0.1) is 0 Å². The van der Waals surface area contributed by atoms with Crippen molar-refractivity contribution in [1.29, 1.82) is 0 Å². The minimum atomic E-state index is -1.50. The van der Waals surface area contributed by atoms with Crippen LogP contribution in [-0.2, 0) is 6.42 Å². The normalized spacial score (nSPS) is 20.1. The average Bonchev–Trinajstić information content (AvgIpc) is 2.47. The van der Waals surface area contributed by atoms with Crippen LogP contribution in [0.1, 0.15) is 23.6 Å². The molecule has 0 saturated carbocycles. The van der Waals surface area contributed by atoms with Gasteiger partial charge in [-0.3, -0.25) is 0 Å². The quantitative estimate of drug-likeness (QED) is 0.779. The smallest absolute Gasteiger partial charge is 0.242 e. The van der Waals surface area contributed by atoms with Crippen LogP contribution in [-0.4, -0.2) is 8.32 Å². The highest BCUT2D eigenvalue weighted by molar-refractivity contribution is 6.70. The molecule has 1 aromatic rings. The first-order valence-electron chi connectivity index (χ1n) is 5.54. The van der Waals surface area contributed by atoms with E-state index >= 15 is 0 Å². The molecule has 1 aliphatic rings. The molecule has 1 atom stereocenters. The molecule has 3 heteroatoms. The fourth-order valence-electron chi connectivity index (χ4n) is 2.08. The van der Waals surface area contributed by atoms with Crippen LogP contribution in [0.4, 0.5) is 0 Å². The Hall–Kier alpha value is -0.803. The van der Waals surface area contributed by atoms with Crippen LogP contribution in [0, 0.1) is 0 Å². The molecule has 0 amide bonds. The van der Waals surface area contributed by atoms with Crippen molar-refractivity contribution in [3.63, 3.8) is 0 Å². The van der Waals surface area contributed by atoms with Gasteiger partial charge in [0, 0.05) is 6.04 Å². The zero-order valence-electron chi connectivity index (χ0n) is 9.71. The highest BCUT2D eigenvalue weighted by atomic mass is 28.4. The largest absolute Gasteiger partial charge is 0.544 e. The lowest BCUT2D eigenvalue weighted by Gasteiger charge is -2.21. The molecular weight excluding hydrogens is 202 g/mol. The van der Waals surface area contributed by atoms with Crippen LogP contribution in [0.25, 0.3) is 0 Å². The molecule has 0 radical (unpaired) electrons. The van der Waals surface area contributed by atoms with Gasteiger partial charge in [0.2, 0.25) is 8.32 Å². The second-order valence-corrected chi connectivity index (χ2v) is 9.61. The molecule has 2 nitrogen and oxygen atoms in total. The topological polar surface area (TPSA) is 35.2 Å². The molecule has 82 valence electrons. The Morgan fingerprint density at radius 3 is 2.73 bits per heavy atom. The molecule has 2 rings (SSSR count). The van der Waals surface area contributed by atoms with Gasteiger partial charge in [0.25, 0.3) is 0 Å². The van der Waals surface area contributed by atoms with Crippen molar-refractivity contribution < 1.29 is 4.43 Å². The minimum Gasteiger partial charge on any atom is -0.544 e. The lowest BCUT2D eigenvalue weighted by atomic mass is 10.1. The fourth-order valence-corrected chi connectivity index (χ4v) is 2.93. The molecule has 0 aliphatic heterocycles. The van der Waals surface area contributed by atoms with Crippen LogP contribution in [0.5, 0.6) is 5.75 Å². The highest BCUT2D eigenvalue weighted by Gasteiger charge is 2.24. The van der Waals surface area contributed by atoms with E-state index in [1.54, 1.807) is 0 Å². The van der Waals surface area contributed by atoms with Gasteiger partial charge >= 0.3 is 0 Å². The van der Waals surface area contributed by atoms with Gasteiger partial charge in [-0.05, 0) is 49.7 Å². The van der Waals surface area contributed by atoms with E-state index in [1.165, 1.54) is 11.1 Å². The average molecular weight is 221 g/mol. The molecule has 1 unspecified atom stereocenters. The summed E-state index contributed by atoms with van der Waals surface area (Å²) in [4.78, 5) is 0. The van der Waals surface area contributed by atoms with Crippen LogP contribution in [0.2, 0.25) is 19.6 Å². The zero-order valence-corrected chi connectivity index (χ0v) is 10.7. The summed E-state index contributed by atoms with van der Waals surface area (Å²) in [5.74, 6) is 1.07. The second-order valence-electron chi connectivity index (χ2n) is 5.18. The maximum Gasteiger partial charge on any atom is 0.242 e. The number of rotatable bonds is 2. The monoisotopic (exact) mass is 221 g/mol. The molecule has 1 aliphatic carbocycles. The third-order valence-electron chi connectivity index (χ3n) is 2.69. The van der Waals surface area contributed by atoms with Gasteiger partial charge in [-0.15, -0.1) is 0 Å². The van der Waals surface area contributed by atoms with Crippen LogP contribution in [0.15, 0.2) is 18.2 Å². The van der Waals surface area contributed by atoms with E-state index in [4.69, 9.17) is 10.2 Å². The van der Waals surface area contributed by atoms with E-state index in [9.17, 15) is 0 Å². The van der Waals surface area contributed by atoms with E-state index < -0.39 is 8.32 Å². The van der Waals surface area contributed by atoms with Crippen LogP contribution >= 0.6 is 0 Å². The molecule has 0 fully saturated rings. The van der Waals surface area contributed by atoms with E-state index in [-0.39, 0.29) is 6.04 Å². The number of fused-ring (bicyclic) bond motifs is 1. The first kappa shape index (κ1) is 10.7. The molecule has 0 aromatic heterocycles. The van der Waals surface area contributed by atoms with E-state index in [0.29, 0.717) is 0 Å². The van der Waals surface area contributed by atoms with Crippen molar-refractivity contribution in [2.45, 2.75) is 38.5 Å². The molecule has 2 N–H and O–H groups in total. The maximum atomic E-state index is 6.08. The first-order valence-corrected chi connectivity index (χ1v) is 8.94. The second kappa shape index (κ2) is 3.65. The van der Waals surface area contributed by atoms with Gasteiger partial charge in [-0.2, -0.15) is 0 Å². The van der Waals surface area contributed by atoms with Crippen molar-refractivity contribution >= 4 is 8.32 Å². The number of benzene rings is 1. The Bertz CT molecular complexity index is 370. The van der Waals surface area contributed by atoms with Crippen molar-refractivity contribution in [2.75, 3.05) is 0 Å². The van der Waals surface area contributed by atoms with Crippen molar-refractivity contribution in [1.82, 2.24) is 0 Å². The molecule has 1 aromatic carbocycles. The summed E-state index contributed by atoms with van der Waals surface area (Å²) in [7, 11) is -1.50. The number of hydrogen-bond acceptors (Lipinski definition) is 2. The molecule has 0 spiro atoms. The SMILES string of the molecule is C[Si](C)(C)Oc1cccc2c1CCC2N. The maximum absolute atomic E-state index is 6.08. The van der Waals surface area contributed by atoms with Gasteiger partial charge in [-0.25, -0.2) is 0 Å². The summed E-state index contributed by atoms with van der Waals surface area (Å²) >= 11 is 0. The predicted octanol–water partition coefficient (Wildman–Crippen LogP) is 2.85. The van der Waals surface area contributed by atoms with Crippen molar-refractivity contribution in [2.24, 2.45) is 5.73 Å². The summed E-state index contributed by atoms with van der Waals surface area (Å²) < 4.78 is 6.08. The summed E-state index contributed by atoms with van der Waals surface area (Å²) in [6, 6.07) is 6.48. The van der Waals surface area contributed by atoms with Gasteiger partial charge in [-0.1, -0.05) is 12.1 Å². The van der Waals surface area contributed by atoms with Crippen molar-refractivity contribution in [3.05, 3.63) is 29.3 Å². The van der Waals surface area contributed by atoms with Gasteiger partial charge in [0.15, 0.2) is 0 Å². The van der Waals surface area contributed by atoms with E-state index in [1.807, 2.05) is 0 Å². The Labute approximate surface area is 92.6 Å². The summed E-state index contributed by atoms with van der Waals surface area (Å²) in [6.07, 6.45) is 2.12. The molecule has 15 heavy (non-hydrogen) atoms. The van der Waals surface area contributed by atoms with Crippen LogP contribution in [0.3, 0.4) is 0 Å². The number of nitrogens with two attached hydrogens (primary N) is 1. The van der Waals surface area contributed by atoms with Gasteiger partial charge in [0.1, 0.15) is 5.75 Å². The third kappa shape index (κ3) is 2.24. The molecule has 0 saturated heterocycles. The third-order valence-corrected chi connectivity index (χ3v) is 3.52. The zero-order chi connectivity index (χ0) is 11.1. The van der Waals surface area contributed by atoms with Gasteiger partial charge < -0.3 is 10.2 Å². The van der Waals surface area contributed by atoms with E-state index in [0.717, 1.165) is 18.6 Å². The molecule has 0 bridgehead atoms. The fraction of sp³-hybridized carbons (Fsp3) is 0.500. The Morgan fingerprint density at radius 2 is 2.07 bits per heavy atom. The standard InChI is InChI=1S/C12H19NOSi/c1-15(2,3)14-12-6-4-5-9-10(12)7-8-11(9)13/h4-6,11H,7-8,13H2,1-3H3. The Morgan fingerprint density at radius 1 is 1.33 bits per heavy atom. The summed E-state index contributed by atoms with van der Waals surface area (Å²) in [5.41, 5.74) is 8.66. The Balaban J connectivity index is 2.34. The highest BCUT2D eigenvalue weighted by Crippen LogP contribution is 2.36. The lowest BCUT2D eigenvalue weighted by Crippen LogP contribution is -2.29. The lowest BCUT2D eigenvalue weighted by molar-refractivity contribution is 0.550. The summed E-state index contributed by atoms with van der Waals surface area (Å²) in [5, 5.41) is 0. The van der Waals surface area contributed by atoms with Crippen molar-refractivity contribution in [3.8, 4) is 5.75 Å². The van der Waals surface area contributed by atoms with E-state index in [2.05, 4.69) is 37.8 Å². The molecular formula is C12H19NOSi. The predicted molar refractivity (Wildman–Crippen MR) is 65.7 cm³/mol. The Kier molecular flexibility index (Phi) is 2.60. The summed E-state index contributed by atoms with van der Waals surface area (Å²) in [6.45, 7) is 6.63. The number of hydrogen-bond donors (Lipinski definition) is 1. The van der Waals surface area contributed by atoms with Crippen LogP contribution < -0.4 is 10.2 Å². The molecule has 0 heterocycles. The minimum absolute atomic E-state index is 0.213. The first-order chi connectivity index (χ1) is 6.97.